The van der Waals surface area contributed by atoms with Gasteiger partial charge in [-0.25, -0.2) is 0 Å². The third-order valence-electron chi connectivity index (χ3n) is 4.22. The molecule has 6 heteroatoms. The Balaban J connectivity index is 2.02. The molecule has 3 rings (SSSR count). The van der Waals surface area contributed by atoms with Crippen molar-refractivity contribution in [3.8, 4) is 0 Å². The number of benzene rings is 1. The van der Waals surface area contributed by atoms with Gasteiger partial charge in [0.15, 0.2) is 0 Å². The Hall–Kier alpha value is -1.11. The molecule has 1 aliphatic heterocycles. The van der Waals surface area contributed by atoms with E-state index in [1.54, 1.807) is 12.1 Å². The summed E-state index contributed by atoms with van der Waals surface area (Å²) in [5.41, 5.74) is 5.45. The van der Waals surface area contributed by atoms with Crippen LogP contribution >= 0.6 is 0 Å². The molecule has 2 unspecified atom stereocenters. The maximum absolute atomic E-state index is 13.3. The Bertz CT molecular complexity index is 502. The Labute approximate surface area is 121 Å². The predicted octanol–water partition coefficient (Wildman–Crippen LogP) is 2.57. The number of hydrogen-bond donors (Lipinski definition) is 1. The smallest absolute Gasteiger partial charge is 0.374 e. The van der Waals surface area contributed by atoms with Gasteiger partial charge in [0, 0.05) is 19.1 Å². The number of morpholine rings is 1. The van der Waals surface area contributed by atoms with E-state index in [0.717, 1.165) is 18.9 Å². The van der Waals surface area contributed by atoms with E-state index in [1.807, 2.05) is 0 Å². The minimum Gasteiger partial charge on any atom is -0.374 e. The van der Waals surface area contributed by atoms with Gasteiger partial charge in [-0.3, -0.25) is 4.90 Å². The average Bonchev–Trinajstić information content (AvgIpc) is 3.30. The lowest BCUT2D eigenvalue weighted by molar-refractivity contribution is -0.140. The number of nitrogens with zero attached hydrogens (tertiary/aromatic N) is 1. The van der Waals surface area contributed by atoms with Gasteiger partial charge in [0.2, 0.25) is 0 Å². The highest BCUT2D eigenvalue weighted by Crippen LogP contribution is 2.43. The van der Waals surface area contributed by atoms with Crippen molar-refractivity contribution < 1.29 is 17.9 Å². The molecule has 1 heterocycles. The van der Waals surface area contributed by atoms with Crippen molar-refractivity contribution in [1.29, 1.82) is 0 Å². The quantitative estimate of drug-likeness (QED) is 0.932. The second-order valence-electron chi connectivity index (χ2n) is 5.64. The van der Waals surface area contributed by atoms with Crippen LogP contribution in [-0.2, 0) is 10.9 Å². The average molecular weight is 300 g/mol. The second-order valence-corrected chi connectivity index (χ2v) is 5.64. The Kier molecular flexibility index (Phi) is 3.94. The monoisotopic (exact) mass is 300 g/mol. The molecule has 2 N–H and O–H groups in total. The Morgan fingerprint density at radius 2 is 1.95 bits per heavy atom. The van der Waals surface area contributed by atoms with Gasteiger partial charge in [0.25, 0.3) is 0 Å². The zero-order chi connectivity index (χ0) is 15.0. The van der Waals surface area contributed by atoms with Crippen LogP contribution in [0.3, 0.4) is 0 Å². The van der Waals surface area contributed by atoms with E-state index < -0.39 is 17.8 Å². The molecule has 2 atom stereocenters. The van der Waals surface area contributed by atoms with Gasteiger partial charge in [0.05, 0.1) is 24.3 Å². The lowest BCUT2D eigenvalue weighted by Gasteiger charge is -2.42. The summed E-state index contributed by atoms with van der Waals surface area (Å²) >= 11 is 0. The molecule has 1 aromatic rings. The molecule has 21 heavy (non-hydrogen) atoms. The lowest BCUT2D eigenvalue weighted by atomic mass is 9.93. The van der Waals surface area contributed by atoms with Crippen molar-refractivity contribution in [2.75, 3.05) is 19.7 Å². The van der Waals surface area contributed by atoms with Gasteiger partial charge in [-0.1, -0.05) is 18.2 Å². The molecule has 0 amide bonds. The van der Waals surface area contributed by atoms with Crippen molar-refractivity contribution >= 4 is 0 Å². The number of nitrogens with two attached hydrogens (primary N) is 1. The van der Waals surface area contributed by atoms with Crippen molar-refractivity contribution in [1.82, 2.24) is 4.90 Å². The molecule has 0 bridgehead atoms. The van der Waals surface area contributed by atoms with E-state index in [4.69, 9.17) is 10.5 Å². The molecule has 1 saturated heterocycles. The van der Waals surface area contributed by atoms with Crippen molar-refractivity contribution in [2.24, 2.45) is 5.73 Å². The first-order chi connectivity index (χ1) is 10.0. The molecule has 2 fully saturated rings. The van der Waals surface area contributed by atoms with Crippen molar-refractivity contribution in [2.45, 2.75) is 37.2 Å². The number of alkyl halides is 3. The molecule has 1 aliphatic carbocycles. The Morgan fingerprint density at radius 3 is 2.57 bits per heavy atom. The van der Waals surface area contributed by atoms with Gasteiger partial charge in [-0.2, -0.15) is 13.2 Å². The largest absolute Gasteiger partial charge is 0.416 e. The fourth-order valence-electron chi connectivity index (χ4n) is 3.16. The third-order valence-corrected chi connectivity index (χ3v) is 4.22. The van der Waals surface area contributed by atoms with Gasteiger partial charge in [-0.15, -0.1) is 0 Å². The van der Waals surface area contributed by atoms with E-state index in [2.05, 4.69) is 4.90 Å². The predicted molar refractivity (Wildman–Crippen MR) is 72.7 cm³/mol. The molecule has 3 nitrogen and oxygen atoms in total. The van der Waals surface area contributed by atoms with E-state index in [1.165, 1.54) is 6.07 Å². The molecular weight excluding hydrogens is 281 g/mol. The van der Waals surface area contributed by atoms with Gasteiger partial charge < -0.3 is 10.5 Å². The molecular formula is C15H19F3N2O. The van der Waals surface area contributed by atoms with Crippen LogP contribution in [0, 0.1) is 0 Å². The summed E-state index contributed by atoms with van der Waals surface area (Å²) < 4.78 is 45.5. The molecule has 1 saturated carbocycles. The van der Waals surface area contributed by atoms with Crippen LogP contribution in [0.15, 0.2) is 24.3 Å². The van der Waals surface area contributed by atoms with Crippen LogP contribution in [0.25, 0.3) is 0 Å². The maximum Gasteiger partial charge on any atom is 0.416 e. The molecule has 2 aliphatic rings. The van der Waals surface area contributed by atoms with Crippen LogP contribution in [0.5, 0.6) is 0 Å². The topological polar surface area (TPSA) is 38.5 Å². The van der Waals surface area contributed by atoms with Crippen LogP contribution in [0.2, 0.25) is 0 Å². The summed E-state index contributed by atoms with van der Waals surface area (Å²) in [4.78, 5) is 2.14. The van der Waals surface area contributed by atoms with Gasteiger partial charge in [0.1, 0.15) is 0 Å². The number of ether oxygens (including phenoxy) is 1. The highest BCUT2D eigenvalue weighted by atomic mass is 19.4. The van der Waals surface area contributed by atoms with Crippen LogP contribution in [-0.4, -0.2) is 36.7 Å². The molecule has 1 aromatic carbocycles. The fourth-order valence-corrected chi connectivity index (χ4v) is 3.16. The van der Waals surface area contributed by atoms with Crippen molar-refractivity contribution in [3.05, 3.63) is 35.4 Å². The summed E-state index contributed by atoms with van der Waals surface area (Å²) in [6, 6.07) is 5.73. The Morgan fingerprint density at radius 1 is 1.24 bits per heavy atom. The second kappa shape index (κ2) is 5.59. The molecule has 0 radical (unpaired) electrons. The van der Waals surface area contributed by atoms with Crippen LogP contribution < -0.4 is 5.73 Å². The molecule has 116 valence electrons. The zero-order valence-corrected chi connectivity index (χ0v) is 11.6. The number of rotatable bonds is 3. The van der Waals surface area contributed by atoms with E-state index >= 15 is 0 Å². The molecule has 0 aromatic heterocycles. The van der Waals surface area contributed by atoms with Crippen LogP contribution in [0.1, 0.15) is 30.0 Å². The fraction of sp³-hybridized carbons (Fsp3) is 0.600. The first-order valence-corrected chi connectivity index (χ1v) is 7.26. The van der Waals surface area contributed by atoms with E-state index in [0.29, 0.717) is 19.2 Å². The SMILES string of the molecule is NCC1OCCN(C2CC2)C1c1ccccc1C(F)(F)F. The first kappa shape index (κ1) is 14.8. The van der Waals surface area contributed by atoms with E-state index in [9.17, 15) is 13.2 Å². The first-order valence-electron chi connectivity index (χ1n) is 7.26. The van der Waals surface area contributed by atoms with Gasteiger partial charge in [-0.05, 0) is 24.5 Å². The van der Waals surface area contributed by atoms with E-state index in [-0.39, 0.29) is 18.2 Å². The summed E-state index contributed by atoms with van der Waals surface area (Å²) in [6.45, 7) is 1.42. The maximum atomic E-state index is 13.3. The highest BCUT2D eigenvalue weighted by molar-refractivity contribution is 5.34. The lowest BCUT2D eigenvalue weighted by Crippen LogP contribution is -2.49. The summed E-state index contributed by atoms with van der Waals surface area (Å²) in [7, 11) is 0. The van der Waals surface area contributed by atoms with Crippen molar-refractivity contribution in [3.63, 3.8) is 0 Å². The summed E-state index contributed by atoms with van der Waals surface area (Å²) in [5.74, 6) is 0. The summed E-state index contributed by atoms with van der Waals surface area (Å²) in [5, 5.41) is 0. The normalized spacial score (nSPS) is 27.8. The minimum absolute atomic E-state index is 0.222. The third kappa shape index (κ3) is 2.93. The number of hydrogen-bond acceptors (Lipinski definition) is 3. The molecule has 0 spiro atoms. The zero-order valence-electron chi connectivity index (χ0n) is 11.6. The number of halogens is 3. The van der Waals surface area contributed by atoms with Crippen LogP contribution in [0.4, 0.5) is 13.2 Å². The van der Waals surface area contributed by atoms with Gasteiger partial charge >= 0.3 is 6.18 Å². The highest BCUT2D eigenvalue weighted by Gasteiger charge is 2.44. The standard InChI is InChI=1S/C15H19F3N2O/c16-15(17,18)12-4-2-1-3-11(12)14-13(9-19)21-8-7-20(14)10-5-6-10/h1-4,10,13-14H,5-9,19H2. The summed E-state index contributed by atoms with van der Waals surface area (Å²) in [6.07, 6.45) is -2.66. The minimum atomic E-state index is -4.36.